The van der Waals surface area contributed by atoms with Gasteiger partial charge in [-0.05, 0) is 25.7 Å². The van der Waals surface area contributed by atoms with Crippen LogP contribution in [0.5, 0.6) is 0 Å². The van der Waals surface area contributed by atoms with E-state index in [9.17, 15) is 4.79 Å². The highest BCUT2D eigenvalue weighted by Crippen LogP contribution is 2.22. The maximum atomic E-state index is 11.7. The Kier molecular flexibility index (Phi) is 7.22. The summed E-state index contributed by atoms with van der Waals surface area (Å²) < 4.78 is 5.24. The molecule has 120 valence electrons. The Morgan fingerprint density at radius 3 is 2.62 bits per heavy atom. The molecule has 2 unspecified atom stereocenters. The van der Waals surface area contributed by atoms with Crippen molar-refractivity contribution < 1.29 is 14.4 Å². The van der Waals surface area contributed by atoms with Gasteiger partial charge in [0.05, 0.1) is 12.2 Å². The third kappa shape index (κ3) is 5.38. The van der Waals surface area contributed by atoms with Crippen LogP contribution in [0.2, 0.25) is 0 Å². The number of hydrogen-bond donors (Lipinski definition) is 3. The number of rotatable bonds is 8. The molecule has 0 aromatic carbocycles. The first-order valence-electron chi connectivity index (χ1n) is 7.62. The van der Waals surface area contributed by atoms with Gasteiger partial charge in [0.2, 0.25) is 0 Å². The molecule has 0 aliphatic heterocycles. The van der Waals surface area contributed by atoms with E-state index in [2.05, 4.69) is 29.6 Å². The Bertz CT molecular complexity index is 430. The molecule has 1 aromatic heterocycles. The molecule has 1 heterocycles. The monoisotopic (exact) mass is 297 g/mol. The van der Waals surface area contributed by atoms with Crippen LogP contribution in [0.15, 0.2) is 10.6 Å². The summed E-state index contributed by atoms with van der Waals surface area (Å²) in [6, 6.07) is 1.53. The minimum Gasteiger partial charge on any atom is -0.396 e. The first kappa shape index (κ1) is 17.5. The number of nitrogens with zero attached hydrogens (tertiary/aromatic N) is 1. The predicted octanol–water partition coefficient (Wildman–Crippen LogP) is 2.39. The molecule has 0 aliphatic carbocycles. The maximum absolute atomic E-state index is 11.7. The topological polar surface area (TPSA) is 87.4 Å². The summed E-state index contributed by atoms with van der Waals surface area (Å²) >= 11 is 0. The third-order valence-corrected chi connectivity index (χ3v) is 3.90. The van der Waals surface area contributed by atoms with Crippen molar-refractivity contribution in [1.82, 2.24) is 15.8 Å². The van der Waals surface area contributed by atoms with Crippen LogP contribution in [0, 0.1) is 5.92 Å². The van der Waals surface area contributed by atoms with Crippen molar-refractivity contribution in [3.8, 4) is 0 Å². The number of urea groups is 1. The Labute approximate surface area is 126 Å². The van der Waals surface area contributed by atoms with E-state index in [0.717, 1.165) is 18.5 Å². The van der Waals surface area contributed by atoms with Crippen molar-refractivity contribution in [2.24, 2.45) is 5.92 Å². The van der Waals surface area contributed by atoms with Gasteiger partial charge in [-0.25, -0.2) is 4.79 Å². The van der Waals surface area contributed by atoms with Crippen LogP contribution < -0.4 is 10.6 Å². The molecule has 2 amide bonds. The second kappa shape index (κ2) is 8.67. The van der Waals surface area contributed by atoms with Crippen molar-refractivity contribution in [3.63, 3.8) is 0 Å². The van der Waals surface area contributed by atoms with Crippen molar-refractivity contribution in [3.05, 3.63) is 17.5 Å². The van der Waals surface area contributed by atoms with E-state index < -0.39 is 0 Å². The van der Waals surface area contributed by atoms with Crippen LogP contribution in [0.4, 0.5) is 4.79 Å². The molecule has 0 saturated heterocycles. The number of nitrogens with one attached hydrogen (secondary N) is 2. The smallest absolute Gasteiger partial charge is 0.315 e. The van der Waals surface area contributed by atoms with Gasteiger partial charge in [0, 0.05) is 24.6 Å². The second-order valence-corrected chi connectivity index (χ2v) is 5.51. The van der Waals surface area contributed by atoms with Gasteiger partial charge in [0.15, 0.2) is 5.76 Å². The molecule has 0 saturated carbocycles. The van der Waals surface area contributed by atoms with Crippen molar-refractivity contribution in [2.75, 3.05) is 6.61 Å². The summed E-state index contributed by atoms with van der Waals surface area (Å²) in [6.45, 7) is 8.33. The lowest BCUT2D eigenvalue weighted by Gasteiger charge is -2.19. The van der Waals surface area contributed by atoms with Gasteiger partial charge in [0.1, 0.15) is 0 Å². The van der Waals surface area contributed by atoms with Crippen LogP contribution in [0.25, 0.3) is 0 Å². The quantitative estimate of drug-likeness (QED) is 0.687. The number of hydrogen-bond acceptors (Lipinski definition) is 4. The van der Waals surface area contributed by atoms with Crippen LogP contribution in [0.3, 0.4) is 0 Å². The van der Waals surface area contributed by atoms with Crippen LogP contribution >= 0.6 is 0 Å². The Morgan fingerprint density at radius 1 is 1.38 bits per heavy atom. The summed E-state index contributed by atoms with van der Waals surface area (Å²) in [7, 11) is 0. The number of carbonyl (C=O) groups excluding carboxylic acids is 1. The fourth-order valence-electron chi connectivity index (χ4n) is 2.04. The van der Waals surface area contributed by atoms with Gasteiger partial charge in [-0.2, -0.15) is 0 Å². The van der Waals surface area contributed by atoms with E-state index in [-0.39, 0.29) is 24.6 Å². The van der Waals surface area contributed by atoms with Gasteiger partial charge < -0.3 is 20.3 Å². The second-order valence-electron chi connectivity index (χ2n) is 5.51. The van der Waals surface area contributed by atoms with Crippen molar-refractivity contribution in [1.29, 1.82) is 0 Å². The molecule has 2 atom stereocenters. The molecule has 0 fully saturated rings. The molecule has 6 nitrogen and oxygen atoms in total. The molecule has 21 heavy (non-hydrogen) atoms. The Hall–Kier alpha value is -1.56. The minimum absolute atomic E-state index is 0.0162. The van der Waals surface area contributed by atoms with Gasteiger partial charge in [-0.1, -0.05) is 25.9 Å². The van der Waals surface area contributed by atoms with Crippen LogP contribution in [-0.2, 0) is 6.54 Å². The first-order valence-corrected chi connectivity index (χ1v) is 7.62. The third-order valence-electron chi connectivity index (χ3n) is 3.90. The number of carbonyl (C=O) groups is 1. The van der Waals surface area contributed by atoms with E-state index in [4.69, 9.17) is 9.63 Å². The van der Waals surface area contributed by atoms with Crippen molar-refractivity contribution >= 4 is 6.03 Å². The predicted molar refractivity (Wildman–Crippen MR) is 80.9 cm³/mol. The van der Waals surface area contributed by atoms with E-state index >= 15 is 0 Å². The van der Waals surface area contributed by atoms with E-state index in [1.165, 1.54) is 0 Å². The lowest BCUT2D eigenvalue weighted by Crippen LogP contribution is -2.43. The zero-order valence-electron chi connectivity index (χ0n) is 13.3. The summed E-state index contributed by atoms with van der Waals surface area (Å²) in [4.78, 5) is 11.7. The Morgan fingerprint density at radius 2 is 2.05 bits per heavy atom. The lowest BCUT2D eigenvalue weighted by atomic mass is 9.99. The summed E-state index contributed by atoms with van der Waals surface area (Å²) in [5, 5.41) is 18.6. The molecule has 3 N–H and O–H groups in total. The van der Waals surface area contributed by atoms with E-state index in [0.29, 0.717) is 18.2 Å². The number of aliphatic hydroxyl groups excluding tert-OH is 1. The molecule has 0 radical (unpaired) electrons. The summed E-state index contributed by atoms with van der Waals surface area (Å²) in [5.41, 5.74) is 0.944. The van der Waals surface area contributed by atoms with E-state index in [1.54, 1.807) is 0 Å². The fraction of sp³-hybridized carbons (Fsp3) is 0.733. The average Bonchev–Trinajstić information content (AvgIpc) is 2.94. The lowest BCUT2D eigenvalue weighted by molar-refractivity contribution is 0.200. The molecule has 0 spiro atoms. The molecule has 0 aliphatic rings. The molecular weight excluding hydrogens is 270 g/mol. The zero-order chi connectivity index (χ0) is 15.8. The Balaban J connectivity index is 2.43. The van der Waals surface area contributed by atoms with Crippen LogP contribution in [-0.4, -0.2) is 28.9 Å². The molecule has 1 aromatic rings. The fourth-order valence-corrected chi connectivity index (χ4v) is 2.04. The molecular formula is C15H27N3O3. The number of aliphatic hydroxyl groups is 1. The SMILES string of the molecule is CCC(CC)c1cc(CNC(=O)NC(C)C(C)CO)on1. The largest absolute Gasteiger partial charge is 0.396 e. The summed E-state index contributed by atoms with van der Waals surface area (Å²) in [6.07, 6.45) is 2.04. The standard InChI is InChI=1S/C15H27N3O3/c1-5-12(6-2)14-7-13(21-18-14)8-16-15(20)17-11(4)10(3)9-19/h7,10-12,19H,5-6,8-9H2,1-4H3,(H2,16,17,20). The highest BCUT2D eigenvalue weighted by atomic mass is 16.5. The van der Waals surface area contributed by atoms with Crippen molar-refractivity contribution in [2.45, 2.75) is 59.0 Å². The maximum Gasteiger partial charge on any atom is 0.315 e. The molecule has 0 bridgehead atoms. The normalized spacial score (nSPS) is 14.0. The summed E-state index contributed by atoms with van der Waals surface area (Å²) in [5.74, 6) is 1.07. The number of aromatic nitrogens is 1. The van der Waals surface area contributed by atoms with Gasteiger partial charge in [-0.15, -0.1) is 0 Å². The van der Waals surface area contributed by atoms with Gasteiger partial charge in [-0.3, -0.25) is 0 Å². The van der Waals surface area contributed by atoms with E-state index in [1.807, 2.05) is 19.9 Å². The van der Waals surface area contributed by atoms with Gasteiger partial charge in [0.25, 0.3) is 0 Å². The number of amides is 2. The average molecular weight is 297 g/mol. The van der Waals surface area contributed by atoms with Crippen LogP contribution in [0.1, 0.15) is 57.9 Å². The molecule has 1 rings (SSSR count). The highest BCUT2D eigenvalue weighted by molar-refractivity contribution is 5.74. The first-order chi connectivity index (χ1) is 10.0. The minimum atomic E-state index is -0.275. The highest BCUT2D eigenvalue weighted by Gasteiger charge is 2.15. The van der Waals surface area contributed by atoms with Gasteiger partial charge >= 0.3 is 6.03 Å². The molecule has 6 heteroatoms. The zero-order valence-corrected chi connectivity index (χ0v) is 13.3.